The van der Waals surface area contributed by atoms with Crippen LogP contribution in [0.1, 0.15) is 17.3 Å². The second-order valence-corrected chi connectivity index (χ2v) is 4.66. The van der Waals surface area contributed by atoms with E-state index in [1.54, 1.807) is 24.3 Å². The van der Waals surface area contributed by atoms with Gasteiger partial charge in [0.2, 0.25) is 0 Å². The Bertz CT molecular complexity index is 418. The first kappa shape index (κ1) is 13.8. The fourth-order valence-electron chi connectivity index (χ4n) is 2.08. The minimum absolute atomic E-state index is 0.273. The van der Waals surface area contributed by atoms with Crippen LogP contribution in [0.25, 0.3) is 0 Å². The highest BCUT2D eigenvalue weighted by molar-refractivity contribution is 5.87. The van der Waals surface area contributed by atoms with Gasteiger partial charge >= 0.3 is 5.97 Å². The summed E-state index contributed by atoms with van der Waals surface area (Å²) in [5.41, 5.74) is 0.273. The van der Waals surface area contributed by atoms with Gasteiger partial charge in [-0.1, -0.05) is 0 Å². The van der Waals surface area contributed by atoms with Crippen LogP contribution >= 0.6 is 0 Å². The quantitative estimate of drug-likeness (QED) is 0.874. The maximum absolute atomic E-state index is 10.7. The molecule has 5 nitrogen and oxygen atoms in total. The van der Waals surface area contributed by atoms with Crippen molar-refractivity contribution in [2.75, 3.05) is 32.8 Å². The van der Waals surface area contributed by atoms with Crippen molar-refractivity contribution in [1.82, 2.24) is 4.90 Å². The zero-order chi connectivity index (χ0) is 13.7. The Kier molecular flexibility index (Phi) is 4.76. The second kappa shape index (κ2) is 6.54. The highest BCUT2D eigenvalue weighted by atomic mass is 16.5. The van der Waals surface area contributed by atoms with Crippen LogP contribution in [0.2, 0.25) is 0 Å². The monoisotopic (exact) mass is 265 g/mol. The molecule has 1 fully saturated rings. The van der Waals surface area contributed by atoms with Crippen LogP contribution in [-0.2, 0) is 4.74 Å². The van der Waals surface area contributed by atoms with E-state index in [0.29, 0.717) is 12.4 Å². The molecule has 104 valence electrons. The number of carboxylic acids is 1. The molecule has 0 bridgehead atoms. The Morgan fingerprint density at radius 1 is 1.47 bits per heavy atom. The summed E-state index contributed by atoms with van der Waals surface area (Å²) < 4.78 is 11.1. The highest BCUT2D eigenvalue weighted by Gasteiger charge is 2.15. The van der Waals surface area contributed by atoms with Crippen LogP contribution < -0.4 is 4.74 Å². The lowest BCUT2D eigenvalue weighted by atomic mass is 10.2. The number of rotatable bonds is 5. The minimum atomic E-state index is -0.922. The van der Waals surface area contributed by atoms with Crippen LogP contribution in [0.5, 0.6) is 5.75 Å². The molecule has 1 aliphatic rings. The van der Waals surface area contributed by atoms with Crippen LogP contribution in [-0.4, -0.2) is 54.9 Å². The first-order valence-corrected chi connectivity index (χ1v) is 6.45. The average Bonchev–Trinajstić information content (AvgIpc) is 2.39. The first-order chi connectivity index (χ1) is 9.15. The summed E-state index contributed by atoms with van der Waals surface area (Å²) in [4.78, 5) is 13.0. The van der Waals surface area contributed by atoms with E-state index in [1.165, 1.54) is 0 Å². The molecule has 1 aliphatic heterocycles. The van der Waals surface area contributed by atoms with E-state index in [1.807, 2.05) is 0 Å². The van der Waals surface area contributed by atoms with Gasteiger partial charge in [-0.2, -0.15) is 0 Å². The normalized spacial score (nSPS) is 20.2. The van der Waals surface area contributed by atoms with E-state index in [-0.39, 0.29) is 11.7 Å². The predicted octanol–water partition coefficient (Wildman–Crippen LogP) is 1.48. The number of morpholine rings is 1. The lowest BCUT2D eigenvalue weighted by molar-refractivity contribution is -0.0214. The largest absolute Gasteiger partial charge is 0.492 e. The van der Waals surface area contributed by atoms with Gasteiger partial charge in [0, 0.05) is 19.6 Å². The maximum atomic E-state index is 10.7. The summed E-state index contributed by atoms with van der Waals surface area (Å²) >= 11 is 0. The van der Waals surface area contributed by atoms with Gasteiger partial charge in [-0.3, -0.25) is 4.90 Å². The van der Waals surface area contributed by atoms with Gasteiger partial charge in [0.25, 0.3) is 0 Å². The second-order valence-electron chi connectivity index (χ2n) is 4.66. The standard InChI is InChI=1S/C14H19NO4/c1-11-10-15(6-8-18-11)7-9-19-13-4-2-12(3-5-13)14(16)17/h2-5,11H,6-10H2,1H3,(H,16,17). The maximum Gasteiger partial charge on any atom is 0.335 e. The first-order valence-electron chi connectivity index (χ1n) is 6.45. The summed E-state index contributed by atoms with van der Waals surface area (Å²) in [6.07, 6.45) is 0.281. The molecule has 0 aliphatic carbocycles. The van der Waals surface area contributed by atoms with Gasteiger partial charge in [-0.25, -0.2) is 4.79 Å². The van der Waals surface area contributed by atoms with Crippen LogP contribution in [0.3, 0.4) is 0 Å². The molecule has 2 rings (SSSR count). The van der Waals surface area contributed by atoms with E-state index in [4.69, 9.17) is 14.6 Å². The molecule has 19 heavy (non-hydrogen) atoms. The van der Waals surface area contributed by atoms with Gasteiger partial charge < -0.3 is 14.6 Å². The summed E-state index contributed by atoms with van der Waals surface area (Å²) in [6, 6.07) is 6.47. The number of aromatic carboxylic acids is 1. The Balaban J connectivity index is 1.74. The van der Waals surface area contributed by atoms with Crippen molar-refractivity contribution in [1.29, 1.82) is 0 Å². The smallest absolute Gasteiger partial charge is 0.335 e. The van der Waals surface area contributed by atoms with Crippen LogP contribution in [0.4, 0.5) is 0 Å². The number of ether oxygens (including phenoxy) is 2. The Morgan fingerprint density at radius 3 is 2.84 bits per heavy atom. The number of hydrogen-bond acceptors (Lipinski definition) is 4. The third-order valence-corrected chi connectivity index (χ3v) is 3.10. The van der Waals surface area contributed by atoms with Gasteiger partial charge in [0.1, 0.15) is 12.4 Å². The summed E-state index contributed by atoms with van der Waals surface area (Å²) in [5, 5.41) is 8.79. The van der Waals surface area contributed by atoms with E-state index in [0.717, 1.165) is 26.2 Å². The number of carboxylic acid groups (broad SMARTS) is 1. The molecule has 0 radical (unpaired) electrons. The third-order valence-electron chi connectivity index (χ3n) is 3.10. The van der Waals surface area contributed by atoms with E-state index >= 15 is 0 Å². The van der Waals surface area contributed by atoms with Crippen molar-refractivity contribution in [3.63, 3.8) is 0 Å². The van der Waals surface area contributed by atoms with Gasteiger partial charge in [-0.15, -0.1) is 0 Å². The Labute approximate surface area is 112 Å². The molecule has 1 saturated heterocycles. The molecule has 0 aromatic heterocycles. The Morgan fingerprint density at radius 2 is 2.21 bits per heavy atom. The fraction of sp³-hybridized carbons (Fsp3) is 0.500. The molecule has 0 saturated carbocycles. The van der Waals surface area contributed by atoms with Crippen LogP contribution in [0, 0.1) is 0 Å². The molecule has 1 atom stereocenters. The van der Waals surface area contributed by atoms with Gasteiger partial charge in [0.15, 0.2) is 0 Å². The van der Waals surface area contributed by atoms with E-state index in [2.05, 4.69) is 11.8 Å². The van der Waals surface area contributed by atoms with Gasteiger partial charge in [0.05, 0.1) is 18.3 Å². The molecule has 1 aromatic carbocycles. The summed E-state index contributed by atoms with van der Waals surface area (Å²) in [5.74, 6) is -0.222. The number of carbonyl (C=O) groups is 1. The van der Waals surface area contributed by atoms with E-state index in [9.17, 15) is 4.79 Å². The molecule has 1 unspecified atom stereocenters. The number of nitrogens with zero attached hydrogens (tertiary/aromatic N) is 1. The minimum Gasteiger partial charge on any atom is -0.492 e. The third kappa shape index (κ3) is 4.22. The Hall–Kier alpha value is -1.59. The fourth-order valence-corrected chi connectivity index (χ4v) is 2.08. The van der Waals surface area contributed by atoms with Crippen molar-refractivity contribution in [3.8, 4) is 5.75 Å². The highest BCUT2D eigenvalue weighted by Crippen LogP contribution is 2.12. The van der Waals surface area contributed by atoms with Gasteiger partial charge in [-0.05, 0) is 31.2 Å². The SMILES string of the molecule is CC1CN(CCOc2ccc(C(=O)O)cc2)CCO1. The predicted molar refractivity (Wildman–Crippen MR) is 70.8 cm³/mol. The average molecular weight is 265 g/mol. The summed E-state index contributed by atoms with van der Waals surface area (Å²) in [6.45, 7) is 6.16. The lowest BCUT2D eigenvalue weighted by Gasteiger charge is -2.30. The molecule has 1 heterocycles. The molecule has 5 heteroatoms. The summed E-state index contributed by atoms with van der Waals surface area (Å²) in [7, 11) is 0. The van der Waals surface area contributed by atoms with E-state index < -0.39 is 5.97 Å². The zero-order valence-electron chi connectivity index (χ0n) is 11.0. The lowest BCUT2D eigenvalue weighted by Crippen LogP contribution is -2.42. The molecule has 0 spiro atoms. The molecular weight excluding hydrogens is 246 g/mol. The molecule has 1 N–H and O–H groups in total. The zero-order valence-corrected chi connectivity index (χ0v) is 11.0. The van der Waals surface area contributed by atoms with Crippen molar-refractivity contribution in [3.05, 3.63) is 29.8 Å². The number of hydrogen-bond donors (Lipinski definition) is 1. The number of benzene rings is 1. The van der Waals surface area contributed by atoms with Crippen molar-refractivity contribution in [2.45, 2.75) is 13.0 Å². The molecule has 0 amide bonds. The van der Waals surface area contributed by atoms with Crippen molar-refractivity contribution in [2.24, 2.45) is 0 Å². The molecular formula is C14H19NO4. The van der Waals surface area contributed by atoms with Crippen molar-refractivity contribution >= 4 is 5.97 Å². The topological polar surface area (TPSA) is 59.0 Å². The van der Waals surface area contributed by atoms with Crippen molar-refractivity contribution < 1.29 is 19.4 Å². The molecule has 1 aromatic rings. The van der Waals surface area contributed by atoms with Crippen LogP contribution in [0.15, 0.2) is 24.3 Å².